The minimum absolute atomic E-state index is 0.132. The highest BCUT2D eigenvalue weighted by Crippen LogP contribution is 2.37. The number of hydrogen-bond donors (Lipinski definition) is 1. The number of nitrogens with zero attached hydrogens (tertiary/aromatic N) is 1. The Morgan fingerprint density at radius 2 is 1.72 bits per heavy atom. The third-order valence-corrected chi connectivity index (χ3v) is 2.62. The highest BCUT2D eigenvalue weighted by molar-refractivity contribution is 5.68. The highest BCUT2D eigenvalue weighted by atomic mass is 19.4. The van der Waals surface area contributed by atoms with E-state index in [1.807, 2.05) is 0 Å². The summed E-state index contributed by atoms with van der Waals surface area (Å²) in [6, 6.07) is 7.03. The summed E-state index contributed by atoms with van der Waals surface area (Å²) in [7, 11) is 0. The van der Waals surface area contributed by atoms with Crippen LogP contribution < -0.4 is 5.73 Å². The first-order chi connectivity index (χ1) is 8.52. The summed E-state index contributed by atoms with van der Waals surface area (Å²) >= 11 is 0. The van der Waals surface area contributed by atoms with Crippen molar-refractivity contribution >= 4 is 0 Å². The Hall–Kier alpha value is -1.88. The predicted octanol–water partition coefficient (Wildman–Crippen LogP) is 3.23. The first-order valence-electron chi connectivity index (χ1n) is 5.33. The molecule has 1 heterocycles. The van der Waals surface area contributed by atoms with Crippen LogP contribution in [-0.4, -0.2) is 4.98 Å². The van der Waals surface area contributed by atoms with Crippen molar-refractivity contribution in [2.75, 3.05) is 0 Å². The van der Waals surface area contributed by atoms with Crippen molar-refractivity contribution in [1.29, 1.82) is 0 Å². The summed E-state index contributed by atoms with van der Waals surface area (Å²) in [5.74, 6) is 0. The standard InChI is InChI=1S/C13H11F3N2/c14-13(15,16)12-2-1-9(8-17)7-11(12)10-3-5-18-6-4-10/h1-7H,8,17H2. The Morgan fingerprint density at radius 3 is 2.28 bits per heavy atom. The van der Waals surface area contributed by atoms with Gasteiger partial charge in [0, 0.05) is 18.9 Å². The van der Waals surface area contributed by atoms with Gasteiger partial charge in [0.05, 0.1) is 5.56 Å². The van der Waals surface area contributed by atoms with Crippen LogP contribution in [0.1, 0.15) is 11.1 Å². The highest BCUT2D eigenvalue weighted by Gasteiger charge is 2.33. The second-order valence-corrected chi connectivity index (χ2v) is 3.82. The van der Waals surface area contributed by atoms with E-state index in [9.17, 15) is 13.2 Å². The maximum absolute atomic E-state index is 12.9. The lowest BCUT2D eigenvalue weighted by molar-refractivity contribution is -0.137. The lowest BCUT2D eigenvalue weighted by Gasteiger charge is -2.14. The van der Waals surface area contributed by atoms with Crippen LogP contribution in [0.4, 0.5) is 13.2 Å². The molecule has 0 saturated carbocycles. The van der Waals surface area contributed by atoms with Crippen molar-refractivity contribution < 1.29 is 13.2 Å². The largest absolute Gasteiger partial charge is 0.417 e. The molecule has 0 saturated heterocycles. The fraction of sp³-hybridized carbons (Fsp3) is 0.154. The molecule has 0 aliphatic heterocycles. The maximum Gasteiger partial charge on any atom is 0.417 e. The molecule has 0 spiro atoms. The van der Waals surface area contributed by atoms with Gasteiger partial charge in [0.15, 0.2) is 0 Å². The van der Waals surface area contributed by atoms with Gasteiger partial charge >= 0.3 is 6.18 Å². The molecule has 0 radical (unpaired) electrons. The lowest BCUT2D eigenvalue weighted by Crippen LogP contribution is -2.08. The SMILES string of the molecule is NCc1ccc(C(F)(F)F)c(-c2ccncc2)c1. The Kier molecular flexibility index (Phi) is 3.34. The second kappa shape index (κ2) is 4.78. The van der Waals surface area contributed by atoms with Gasteiger partial charge in [-0.2, -0.15) is 13.2 Å². The quantitative estimate of drug-likeness (QED) is 0.891. The van der Waals surface area contributed by atoms with E-state index < -0.39 is 11.7 Å². The van der Waals surface area contributed by atoms with Crippen molar-refractivity contribution in [3.63, 3.8) is 0 Å². The van der Waals surface area contributed by atoms with Gasteiger partial charge in [-0.05, 0) is 41.0 Å². The third-order valence-electron chi connectivity index (χ3n) is 2.62. The summed E-state index contributed by atoms with van der Waals surface area (Å²) in [4.78, 5) is 3.80. The van der Waals surface area contributed by atoms with Gasteiger partial charge in [-0.25, -0.2) is 0 Å². The molecule has 1 aromatic carbocycles. The van der Waals surface area contributed by atoms with E-state index in [0.29, 0.717) is 11.1 Å². The van der Waals surface area contributed by atoms with Crippen LogP contribution in [0.5, 0.6) is 0 Å². The first kappa shape index (κ1) is 12.6. The molecule has 0 atom stereocenters. The Balaban J connectivity index is 2.62. The van der Waals surface area contributed by atoms with Gasteiger partial charge in [0.25, 0.3) is 0 Å². The van der Waals surface area contributed by atoms with Crippen molar-refractivity contribution in [3.8, 4) is 11.1 Å². The Bertz CT molecular complexity index is 536. The maximum atomic E-state index is 12.9. The van der Waals surface area contributed by atoms with E-state index in [0.717, 1.165) is 6.07 Å². The minimum atomic E-state index is -4.38. The fourth-order valence-corrected chi connectivity index (χ4v) is 1.74. The molecular formula is C13H11F3N2. The number of pyridine rings is 1. The van der Waals surface area contributed by atoms with E-state index in [1.54, 1.807) is 12.1 Å². The number of rotatable bonds is 2. The first-order valence-corrected chi connectivity index (χ1v) is 5.33. The van der Waals surface area contributed by atoms with Crippen LogP contribution in [0.15, 0.2) is 42.7 Å². The summed E-state index contributed by atoms with van der Waals surface area (Å²) < 4.78 is 38.8. The van der Waals surface area contributed by atoms with Gasteiger partial charge in [0.1, 0.15) is 0 Å². The molecule has 2 aromatic rings. The molecule has 0 amide bonds. The summed E-state index contributed by atoms with van der Waals surface area (Å²) in [6.07, 6.45) is -1.46. The van der Waals surface area contributed by atoms with E-state index in [4.69, 9.17) is 5.73 Å². The number of nitrogens with two attached hydrogens (primary N) is 1. The van der Waals surface area contributed by atoms with Crippen LogP contribution in [0.3, 0.4) is 0 Å². The van der Waals surface area contributed by atoms with E-state index in [1.165, 1.54) is 24.5 Å². The lowest BCUT2D eigenvalue weighted by atomic mass is 9.97. The molecule has 0 aliphatic carbocycles. The zero-order valence-corrected chi connectivity index (χ0v) is 9.41. The topological polar surface area (TPSA) is 38.9 Å². The normalized spacial score (nSPS) is 11.6. The van der Waals surface area contributed by atoms with Crippen LogP contribution in [0.2, 0.25) is 0 Å². The van der Waals surface area contributed by atoms with Crippen LogP contribution in [0.25, 0.3) is 11.1 Å². The fourth-order valence-electron chi connectivity index (χ4n) is 1.74. The van der Waals surface area contributed by atoms with Gasteiger partial charge in [-0.3, -0.25) is 4.98 Å². The van der Waals surface area contributed by atoms with Crippen molar-refractivity contribution in [2.45, 2.75) is 12.7 Å². The summed E-state index contributed by atoms with van der Waals surface area (Å²) in [5, 5.41) is 0. The zero-order valence-electron chi connectivity index (χ0n) is 9.41. The van der Waals surface area contributed by atoms with E-state index in [-0.39, 0.29) is 12.1 Å². The summed E-state index contributed by atoms with van der Waals surface area (Å²) in [6.45, 7) is 0.205. The third kappa shape index (κ3) is 2.51. The Morgan fingerprint density at radius 1 is 1.06 bits per heavy atom. The molecule has 94 valence electrons. The Labute approximate surface area is 102 Å². The van der Waals surface area contributed by atoms with Crippen molar-refractivity contribution in [1.82, 2.24) is 4.98 Å². The number of hydrogen-bond acceptors (Lipinski definition) is 2. The second-order valence-electron chi connectivity index (χ2n) is 3.82. The number of benzene rings is 1. The number of aromatic nitrogens is 1. The van der Waals surface area contributed by atoms with Crippen LogP contribution in [0, 0.1) is 0 Å². The molecule has 2 rings (SSSR count). The van der Waals surface area contributed by atoms with Gasteiger partial charge in [-0.15, -0.1) is 0 Å². The minimum Gasteiger partial charge on any atom is -0.326 e. The molecule has 2 N–H and O–H groups in total. The monoisotopic (exact) mass is 252 g/mol. The molecule has 0 aliphatic rings. The molecular weight excluding hydrogens is 241 g/mol. The predicted molar refractivity (Wildman–Crippen MR) is 62.6 cm³/mol. The van der Waals surface area contributed by atoms with Crippen LogP contribution in [-0.2, 0) is 12.7 Å². The molecule has 2 nitrogen and oxygen atoms in total. The van der Waals surface area contributed by atoms with Crippen LogP contribution >= 0.6 is 0 Å². The summed E-state index contributed by atoms with van der Waals surface area (Å²) in [5.41, 5.74) is 6.07. The van der Waals surface area contributed by atoms with E-state index in [2.05, 4.69) is 4.98 Å². The molecule has 18 heavy (non-hydrogen) atoms. The number of alkyl halides is 3. The smallest absolute Gasteiger partial charge is 0.326 e. The molecule has 1 aromatic heterocycles. The molecule has 0 unspecified atom stereocenters. The van der Waals surface area contributed by atoms with Gasteiger partial charge in [-0.1, -0.05) is 6.07 Å². The van der Waals surface area contributed by atoms with Gasteiger partial charge < -0.3 is 5.73 Å². The molecule has 0 bridgehead atoms. The molecule has 0 fully saturated rings. The average molecular weight is 252 g/mol. The van der Waals surface area contributed by atoms with Gasteiger partial charge in [0.2, 0.25) is 0 Å². The molecule has 5 heteroatoms. The van der Waals surface area contributed by atoms with E-state index >= 15 is 0 Å². The van der Waals surface area contributed by atoms with Crippen molar-refractivity contribution in [3.05, 3.63) is 53.9 Å². The van der Waals surface area contributed by atoms with Crippen molar-refractivity contribution in [2.24, 2.45) is 5.73 Å². The number of halogens is 3. The zero-order chi connectivity index (χ0) is 13.2. The average Bonchev–Trinajstić information content (AvgIpc) is 2.38.